The molecule has 2 saturated heterocycles. The zero-order valence-electron chi connectivity index (χ0n) is 13.7. The van der Waals surface area contributed by atoms with Gasteiger partial charge in [-0.25, -0.2) is 4.79 Å². The fraction of sp³-hybridized carbons (Fsp3) is 0.667. The lowest BCUT2D eigenvalue weighted by Crippen LogP contribution is -2.44. The van der Waals surface area contributed by atoms with Crippen molar-refractivity contribution >= 4 is 6.03 Å². The number of nitrogens with zero attached hydrogens (tertiary/aromatic N) is 2. The Labute approximate surface area is 138 Å². The van der Waals surface area contributed by atoms with Crippen molar-refractivity contribution in [1.82, 2.24) is 15.2 Å². The number of urea groups is 1. The van der Waals surface area contributed by atoms with E-state index >= 15 is 0 Å². The SMILES string of the molecule is O=C(NCCC1CCCOC1)N1CCC(c2ccncc2)CC1. The van der Waals surface area contributed by atoms with Gasteiger partial charge in [0.25, 0.3) is 0 Å². The van der Waals surface area contributed by atoms with Gasteiger partial charge >= 0.3 is 6.03 Å². The monoisotopic (exact) mass is 317 g/mol. The summed E-state index contributed by atoms with van der Waals surface area (Å²) in [7, 11) is 0. The van der Waals surface area contributed by atoms with Gasteiger partial charge in [0.15, 0.2) is 0 Å². The van der Waals surface area contributed by atoms with Gasteiger partial charge in [-0.1, -0.05) is 0 Å². The van der Waals surface area contributed by atoms with Gasteiger partial charge in [0.05, 0.1) is 0 Å². The first-order chi connectivity index (χ1) is 11.3. The number of amides is 2. The molecule has 2 amide bonds. The molecular formula is C18H27N3O2. The van der Waals surface area contributed by atoms with Gasteiger partial charge in [-0.2, -0.15) is 0 Å². The van der Waals surface area contributed by atoms with Crippen molar-refractivity contribution in [3.63, 3.8) is 0 Å². The largest absolute Gasteiger partial charge is 0.381 e. The first kappa shape index (κ1) is 16.2. The molecule has 1 aromatic heterocycles. The van der Waals surface area contributed by atoms with E-state index in [1.165, 1.54) is 12.0 Å². The standard InChI is InChI=1S/C18H27N3O2/c22-18(20-10-3-15-2-1-13-23-14-15)21-11-6-17(7-12-21)16-4-8-19-9-5-16/h4-5,8-9,15,17H,1-3,6-7,10-14H2,(H,20,22). The van der Waals surface area contributed by atoms with Gasteiger partial charge in [-0.3, -0.25) is 4.98 Å². The van der Waals surface area contributed by atoms with Gasteiger partial charge in [-0.05, 0) is 61.6 Å². The zero-order valence-corrected chi connectivity index (χ0v) is 13.7. The molecule has 2 aliphatic rings. The van der Waals surface area contributed by atoms with Gasteiger partial charge in [0, 0.05) is 45.2 Å². The number of carbonyl (C=O) groups excluding carboxylic acids is 1. The highest BCUT2D eigenvalue weighted by Gasteiger charge is 2.23. The van der Waals surface area contributed by atoms with E-state index in [2.05, 4.69) is 22.4 Å². The Hall–Kier alpha value is -1.62. The van der Waals surface area contributed by atoms with Crippen molar-refractivity contribution in [2.24, 2.45) is 5.92 Å². The number of likely N-dealkylation sites (tertiary alicyclic amines) is 1. The van der Waals surface area contributed by atoms with Crippen LogP contribution >= 0.6 is 0 Å². The molecule has 0 aliphatic carbocycles. The van der Waals surface area contributed by atoms with Gasteiger partial charge in [0.1, 0.15) is 0 Å². The molecule has 1 unspecified atom stereocenters. The van der Waals surface area contributed by atoms with E-state index in [9.17, 15) is 4.79 Å². The number of carbonyl (C=O) groups is 1. The van der Waals surface area contributed by atoms with Crippen molar-refractivity contribution in [3.05, 3.63) is 30.1 Å². The maximum Gasteiger partial charge on any atom is 0.317 e. The van der Waals surface area contributed by atoms with Crippen LogP contribution in [-0.2, 0) is 4.74 Å². The van der Waals surface area contributed by atoms with E-state index < -0.39 is 0 Å². The summed E-state index contributed by atoms with van der Waals surface area (Å²) in [6.45, 7) is 4.19. The Morgan fingerprint density at radius 1 is 1.26 bits per heavy atom. The number of piperidine rings is 1. The smallest absolute Gasteiger partial charge is 0.317 e. The van der Waals surface area contributed by atoms with Crippen molar-refractivity contribution in [2.45, 2.75) is 38.0 Å². The van der Waals surface area contributed by atoms with E-state index in [1.54, 1.807) is 0 Å². The predicted molar refractivity (Wildman–Crippen MR) is 89.3 cm³/mol. The topological polar surface area (TPSA) is 54.5 Å². The van der Waals surface area contributed by atoms with E-state index in [0.29, 0.717) is 11.8 Å². The summed E-state index contributed by atoms with van der Waals surface area (Å²) < 4.78 is 5.48. The van der Waals surface area contributed by atoms with Crippen molar-refractivity contribution in [2.75, 3.05) is 32.8 Å². The summed E-state index contributed by atoms with van der Waals surface area (Å²) in [6, 6.07) is 4.27. The molecule has 3 rings (SSSR count). The third kappa shape index (κ3) is 4.67. The molecule has 0 aromatic carbocycles. The van der Waals surface area contributed by atoms with Gasteiger partial charge in [0.2, 0.25) is 0 Å². The van der Waals surface area contributed by atoms with Gasteiger partial charge in [-0.15, -0.1) is 0 Å². The van der Waals surface area contributed by atoms with Crippen LogP contribution in [0, 0.1) is 5.92 Å². The lowest BCUT2D eigenvalue weighted by molar-refractivity contribution is 0.0518. The summed E-state index contributed by atoms with van der Waals surface area (Å²) >= 11 is 0. The molecule has 126 valence electrons. The molecule has 2 fully saturated rings. The van der Waals surface area contributed by atoms with Crippen LogP contribution in [0.3, 0.4) is 0 Å². The van der Waals surface area contributed by atoms with Crippen LogP contribution in [-0.4, -0.2) is 48.8 Å². The minimum Gasteiger partial charge on any atom is -0.381 e. The average Bonchev–Trinajstić information content (AvgIpc) is 2.63. The van der Waals surface area contributed by atoms with Crippen molar-refractivity contribution < 1.29 is 9.53 Å². The Balaban J connectivity index is 1.36. The van der Waals surface area contributed by atoms with Crippen LogP contribution in [0.2, 0.25) is 0 Å². The molecule has 1 N–H and O–H groups in total. The highest BCUT2D eigenvalue weighted by atomic mass is 16.5. The van der Waals surface area contributed by atoms with E-state index in [0.717, 1.165) is 58.5 Å². The molecule has 5 nitrogen and oxygen atoms in total. The van der Waals surface area contributed by atoms with Gasteiger partial charge < -0.3 is 15.0 Å². The summed E-state index contributed by atoms with van der Waals surface area (Å²) in [4.78, 5) is 18.3. The number of aromatic nitrogens is 1. The first-order valence-corrected chi connectivity index (χ1v) is 8.83. The fourth-order valence-electron chi connectivity index (χ4n) is 3.58. The molecule has 2 aliphatic heterocycles. The predicted octanol–water partition coefficient (Wildman–Crippen LogP) is 2.79. The summed E-state index contributed by atoms with van der Waals surface area (Å²) in [5.74, 6) is 1.17. The lowest BCUT2D eigenvalue weighted by Gasteiger charge is -2.32. The van der Waals surface area contributed by atoms with E-state index in [1.807, 2.05) is 17.3 Å². The van der Waals surface area contributed by atoms with Crippen molar-refractivity contribution in [1.29, 1.82) is 0 Å². The molecule has 0 bridgehead atoms. The maximum absolute atomic E-state index is 12.3. The maximum atomic E-state index is 12.3. The molecule has 1 atom stereocenters. The lowest BCUT2D eigenvalue weighted by atomic mass is 9.90. The van der Waals surface area contributed by atoms with Crippen LogP contribution in [0.1, 0.15) is 43.6 Å². The van der Waals surface area contributed by atoms with E-state index in [-0.39, 0.29) is 6.03 Å². The van der Waals surface area contributed by atoms with Crippen LogP contribution in [0.5, 0.6) is 0 Å². The number of ether oxygens (including phenoxy) is 1. The van der Waals surface area contributed by atoms with Crippen LogP contribution in [0.25, 0.3) is 0 Å². The number of nitrogens with one attached hydrogen (secondary N) is 1. The Bertz CT molecular complexity index is 480. The number of pyridine rings is 1. The van der Waals surface area contributed by atoms with Crippen LogP contribution in [0.15, 0.2) is 24.5 Å². The number of hydrogen-bond donors (Lipinski definition) is 1. The van der Waals surface area contributed by atoms with Crippen LogP contribution in [0.4, 0.5) is 4.79 Å². The Kier molecular flexibility index (Phi) is 5.86. The molecule has 0 radical (unpaired) electrons. The second kappa shape index (κ2) is 8.29. The Morgan fingerprint density at radius 2 is 2.04 bits per heavy atom. The minimum atomic E-state index is 0.0925. The average molecular weight is 317 g/mol. The molecular weight excluding hydrogens is 290 g/mol. The molecule has 0 spiro atoms. The Morgan fingerprint density at radius 3 is 2.74 bits per heavy atom. The highest BCUT2D eigenvalue weighted by Crippen LogP contribution is 2.27. The normalized spacial score (nSPS) is 22.8. The number of rotatable bonds is 4. The highest BCUT2D eigenvalue weighted by molar-refractivity contribution is 5.74. The molecule has 0 saturated carbocycles. The van der Waals surface area contributed by atoms with Crippen LogP contribution < -0.4 is 5.32 Å². The minimum absolute atomic E-state index is 0.0925. The summed E-state index contributed by atoms with van der Waals surface area (Å²) in [5, 5.41) is 3.08. The molecule has 1 aromatic rings. The fourth-order valence-corrected chi connectivity index (χ4v) is 3.58. The third-order valence-electron chi connectivity index (χ3n) is 5.04. The quantitative estimate of drug-likeness (QED) is 0.929. The molecule has 23 heavy (non-hydrogen) atoms. The zero-order chi connectivity index (χ0) is 15.9. The third-order valence-corrected chi connectivity index (χ3v) is 5.04. The number of hydrogen-bond acceptors (Lipinski definition) is 3. The molecule has 3 heterocycles. The first-order valence-electron chi connectivity index (χ1n) is 8.83. The summed E-state index contributed by atoms with van der Waals surface area (Å²) in [5.41, 5.74) is 1.34. The second-order valence-electron chi connectivity index (χ2n) is 6.65. The van der Waals surface area contributed by atoms with E-state index in [4.69, 9.17) is 4.74 Å². The second-order valence-corrected chi connectivity index (χ2v) is 6.65. The van der Waals surface area contributed by atoms with Crippen molar-refractivity contribution in [3.8, 4) is 0 Å². The molecule has 5 heteroatoms. The summed E-state index contributed by atoms with van der Waals surface area (Å²) in [6.07, 6.45) is 9.18.